The van der Waals surface area contributed by atoms with E-state index in [9.17, 15) is 22.4 Å². The van der Waals surface area contributed by atoms with Gasteiger partial charge in [-0.2, -0.15) is 0 Å². The molecule has 3 aromatic rings. The normalized spacial score (nSPS) is 12.2. The van der Waals surface area contributed by atoms with Crippen molar-refractivity contribution in [1.82, 2.24) is 10.2 Å². The third kappa shape index (κ3) is 7.03. The maximum atomic E-state index is 13.8. The van der Waals surface area contributed by atoms with Crippen LogP contribution >= 0.6 is 23.2 Å². The Bertz CT molecular complexity index is 1390. The molecule has 202 valence electrons. The summed E-state index contributed by atoms with van der Waals surface area (Å²) < 4.78 is 41.8. The second-order valence-electron chi connectivity index (χ2n) is 8.89. The van der Waals surface area contributed by atoms with E-state index >= 15 is 0 Å². The fourth-order valence-electron chi connectivity index (χ4n) is 3.69. The number of hydrogen-bond acceptors (Lipinski definition) is 4. The van der Waals surface area contributed by atoms with Gasteiger partial charge < -0.3 is 10.2 Å². The molecular weight excluding hydrogens is 552 g/mol. The van der Waals surface area contributed by atoms with Crippen molar-refractivity contribution in [3.63, 3.8) is 0 Å². The zero-order chi connectivity index (χ0) is 28.0. The smallest absolute Gasteiger partial charge is 0.264 e. The molecule has 1 N–H and O–H groups in total. The van der Waals surface area contributed by atoms with Crippen molar-refractivity contribution in [2.75, 3.05) is 10.8 Å². The minimum Gasteiger partial charge on any atom is -0.352 e. The zero-order valence-electron chi connectivity index (χ0n) is 21.1. The van der Waals surface area contributed by atoms with Crippen LogP contribution in [0.15, 0.2) is 77.7 Å². The first-order chi connectivity index (χ1) is 17.9. The minimum absolute atomic E-state index is 0.0115. The summed E-state index contributed by atoms with van der Waals surface area (Å²) in [7, 11) is -4.27. The highest BCUT2D eigenvalue weighted by Crippen LogP contribution is 2.35. The number of halogens is 3. The monoisotopic (exact) mass is 579 g/mol. The number of carbonyl (C=O) groups excluding carboxylic acids is 2. The maximum Gasteiger partial charge on any atom is 0.264 e. The molecule has 0 saturated heterocycles. The molecule has 38 heavy (non-hydrogen) atoms. The summed E-state index contributed by atoms with van der Waals surface area (Å²) in [5.74, 6) is -1.54. The number of nitrogens with zero attached hydrogens (tertiary/aromatic N) is 2. The van der Waals surface area contributed by atoms with Gasteiger partial charge in [0.15, 0.2) is 0 Å². The standard InChI is InChI=1S/C27H28Cl2FN3O4S/c1-18(2)31-27(35)19(3)32(16-20-12-14-21(30)15-13-20)25(34)17-33(24-11-7-10-23(28)26(24)29)38(36,37)22-8-5-4-6-9-22/h4-15,18-19H,16-17H2,1-3H3,(H,31,35)/t19-/m1/s1. The summed E-state index contributed by atoms with van der Waals surface area (Å²) in [6.45, 7) is 4.38. The van der Waals surface area contributed by atoms with Crippen LogP contribution in [0.1, 0.15) is 26.3 Å². The quantitative estimate of drug-likeness (QED) is 0.354. The molecule has 2 amide bonds. The SMILES string of the molecule is CC(C)NC(=O)[C@@H](C)N(Cc1ccc(F)cc1)C(=O)CN(c1cccc(Cl)c1Cl)S(=O)(=O)c1ccccc1. The van der Waals surface area contributed by atoms with Crippen molar-refractivity contribution >= 4 is 50.7 Å². The van der Waals surface area contributed by atoms with Crippen LogP contribution in [-0.4, -0.2) is 43.8 Å². The van der Waals surface area contributed by atoms with E-state index in [-0.39, 0.29) is 33.2 Å². The van der Waals surface area contributed by atoms with E-state index in [4.69, 9.17) is 23.2 Å². The third-order valence-corrected chi connectivity index (χ3v) is 8.26. The first-order valence-corrected chi connectivity index (χ1v) is 14.0. The molecule has 0 bridgehead atoms. The number of hydrogen-bond donors (Lipinski definition) is 1. The van der Waals surface area contributed by atoms with Crippen molar-refractivity contribution < 1.29 is 22.4 Å². The van der Waals surface area contributed by atoms with Gasteiger partial charge in [0, 0.05) is 12.6 Å². The van der Waals surface area contributed by atoms with Gasteiger partial charge in [-0.05, 0) is 62.7 Å². The summed E-state index contributed by atoms with van der Waals surface area (Å²) >= 11 is 12.6. The third-order valence-electron chi connectivity index (χ3n) is 5.67. The van der Waals surface area contributed by atoms with E-state index < -0.39 is 40.2 Å². The van der Waals surface area contributed by atoms with Gasteiger partial charge in [-0.15, -0.1) is 0 Å². The molecule has 0 heterocycles. The van der Waals surface area contributed by atoms with Crippen LogP contribution in [0.25, 0.3) is 0 Å². The zero-order valence-corrected chi connectivity index (χ0v) is 23.4. The summed E-state index contributed by atoms with van der Waals surface area (Å²) in [6.07, 6.45) is 0. The molecule has 0 radical (unpaired) electrons. The molecule has 3 rings (SSSR count). The number of sulfonamides is 1. The minimum atomic E-state index is -4.27. The van der Waals surface area contributed by atoms with E-state index in [2.05, 4.69) is 5.32 Å². The van der Waals surface area contributed by atoms with Crippen molar-refractivity contribution in [2.45, 2.75) is 44.3 Å². The van der Waals surface area contributed by atoms with Gasteiger partial charge in [0.05, 0.1) is 20.6 Å². The lowest BCUT2D eigenvalue weighted by atomic mass is 10.1. The molecule has 0 aromatic heterocycles. The molecule has 3 aromatic carbocycles. The first-order valence-electron chi connectivity index (χ1n) is 11.8. The molecular formula is C27H28Cl2FN3O4S. The Hall–Kier alpha value is -3.14. The summed E-state index contributed by atoms with van der Waals surface area (Å²) in [5.41, 5.74) is 0.569. The second kappa shape index (κ2) is 12.6. The predicted molar refractivity (Wildman–Crippen MR) is 147 cm³/mol. The Kier molecular flexibility index (Phi) is 9.76. The van der Waals surface area contributed by atoms with Crippen molar-refractivity contribution in [3.8, 4) is 0 Å². The van der Waals surface area contributed by atoms with E-state index in [0.29, 0.717) is 5.56 Å². The molecule has 11 heteroatoms. The molecule has 7 nitrogen and oxygen atoms in total. The number of rotatable bonds is 10. The number of amides is 2. The van der Waals surface area contributed by atoms with Gasteiger partial charge in [0.1, 0.15) is 18.4 Å². The highest BCUT2D eigenvalue weighted by Gasteiger charge is 2.33. The largest absolute Gasteiger partial charge is 0.352 e. The summed E-state index contributed by atoms with van der Waals surface area (Å²) in [5, 5.41) is 2.83. The van der Waals surface area contributed by atoms with E-state index in [1.54, 1.807) is 39.0 Å². The van der Waals surface area contributed by atoms with Crippen LogP contribution in [0.2, 0.25) is 10.0 Å². The Morgan fingerprint density at radius 3 is 2.16 bits per heavy atom. The molecule has 0 aliphatic heterocycles. The lowest BCUT2D eigenvalue weighted by Crippen LogP contribution is -2.52. The van der Waals surface area contributed by atoms with Crippen molar-refractivity contribution in [1.29, 1.82) is 0 Å². The van der Waals surface area contributed by atoms with Crippen molar-refractivity contribution in [3.05, 3.63) is 94.2 Å². The van der Waals surface area contributed by atoms with Gasteiger partial charge in [-0.1, -0.05) is 59.6 Å². The number of anilines is 1. The average Bonchev–Trinajstić information content (AvgIpc) is 2.88. The van der Waals surface area contributed by atoms with Crippen LogP contribution in [0.5, 0.6) is 0 Å². The molecule has 0 aliphatic carbocycles. The van der Waals surface area contributed by atoms with Crippen LogP contribution in [0.4, 0.5) is 10.1 Å². The molecule has 0 aliphatic rings. The van der Waals surface area contributed by atoms with E-state index in [0.717, 1.165) is 4.31 Å². The lowest BCUT2D eigenvalue weighted by Gasteiger charge is -2.32. The van der Waals surface area contributed by atoms with Gasteiger partial charge in [-0.3, -0.25) is 13.9 Å². The molecule has 0 spiro atoms. The Morgan fingerprint density at radius 1 is 0.921 bits per heavy atom. The van der Waals surface area contributed by atoms with Crippen LogP contribution in [0.3, 0.4) is 0 Å². The topological polar surface area (TPSA) is 86.8 Å². The van der Waals surface area contributed by atoms with Crippen molar-refractivity contribution in [2.24, 2.45) is 0 Å². The fraction of sp³-hybridized carbons (Fsp3) is 0.259. The molecule has 1 atom stereocenters. The van der Waals surface area contributed by atoms with Gasteiger partial charge in [0.25, 0.3) is 10.0 Å². The highest BCUT2D eigenvalue weighted by molar-refractivity contribution is 7.92. The summed E-state index contributed by atoms with van der Waals surface area (Å²) in [4.78, 5) is 27.9. The summed E-state index contributed by atoms with van der Waals surface area (Å²) in [6, 6.07) is 16.4. The molecule has 0 fully saturated rings. The number of carbonyl (C=O) groups is 2. The second-order valence-corrected chi connectivity index (χ2v) is 11.5. The lowest BCUT2D eigenvalue weighted by molar-refractivity contribution is -0.139. The first kappa shape index (κ1) is 29.4. The maximum absolute atomic E-state index is 13.8. The molecule has 0 unspecified atom stereocenters. The van der Waals surface area contributed by atoms with Crippen LogP contribution in [0, 0.1) is 5.82 Å². The van der Waals surface area contributed by atoms with E-state index in [1.165, 1.54) is 59.5 Å². The Balaban J connectivity index is 2.06. The van der Waals surface area contributed by atoms with Crippen LogP contribution < -0.4 is 9.62 Å². The Morgan fingerprint density at radius 2 is 1.55 bits per heavy atom. The van der Waals surface area contributed by atoms with Crippen LogP contribution in [-0.2, 0) is 26.2 Å². The number of nitrogens with one attached hydrogen (secondary N) is 1. The predicted octanol–water partition coefficient (Wildman–Crippen LogP) is 5.27. The number of benzene rings is 3. The van der Waals surface area contributed by atoms with Gasteiger partial charge in [0.2, 0.25) is 11.8 Å². The average molecular weight is 581 g/mol. The highest BCUT2D eigenvalue weighted by atomic mass is 35.5. The van der Waals surface area contributed by atoms with Gasteiger partial charge >= 0.3 is 0 Å². The van der Waals surface area contributed by atoms with E-state index in [1.807, 2.05) is 0 Å². The molecule has 0 saturated carbocycles. The Labute approximate surface area is 232 Å². The van der Waals surface area contributed by atoms with Gasteiger partial charge in [-0.25, -0.2) is 12.8 Å². The fourth-order valence-corrected chi connectivity index (χ4v) is 5.59.